The third-order valence-corrected chi connectivity index (χ3v) is 4.68. The summed E-state index contributed by atoms with van der Waals surface area (Å²) in [4.78, 5) is 25.9. The van der Waals surface area contributed by atoms with Crippen molar-refractivity contribution in [2.24, 2.45) is 0 Å². The molecule has 2 rings (SSSR count). The summed E-state index contributed by atoms with van der Waals surface area (Å²) >= 11 is 3.37. The summed E-state index contributed by atoms with van der Waals surface area (Å²) < 4.78 is 0.750. The first-order chi connectivity index (χ1) is 11.4. The van der Waals surface area contributed by atoms with Gasteiger partial charge in [0.25, 0.3) is 5.91 Å². The molecular weight excluding hydrogens is 368 g/mol. The molecule has 0 heterocycles. The molecule has 0 atom stereocenters. The number of rotatable bonds is 5. The lowest BCUT2D eigenvalue weighted by atomic mass is 10.1. The van der Waals surface area contributed by atoms with E-state index in [9.17, 15) is 9.59 Å². The standard InChI is InChI=1S/C19H21BrN2O2/c1-13-7-6-10-18(14(13)2)22(15(3)23)12-11-21-19(24)16-8-4-5-9-17(16)20/h4-10H,11-12H2,1-3H3,(H,21,24). The Kier molecular flexibility index (Phi) is 6.15. The van der Waals surface area contributed by atoms with Crippen molar-refractivity contribution in [1.82, 2.24) is 5.32 Å². The van der Waals surface area contributed by atoms with Gasteiger partial charge in [0, 0.05) is 30.2 Å². The topological polar surface area (TPSA) is 49.4 Å². The van der Waals surface area contributed by atoms with Crippen LogP contribution in [0.25, 0.3) is 0 Å². The zero-order valence-corrected chi connectivity index (χ0v) is 15.7. The Balaban J connectivity index is 2.05. The number of carbonyl (C=O) groups is 2. The molecule has 0 saturated carbocycles. The van der Waals surface area contributed by atoms with Gasteiger partial charge in [0.2, 0.25) is 5.91 Å². The van der Waals surface area contributed by atoms with Gasteiger partial charge in [0.1, 0.15) is 0 Å². The molecule has 2 aromatic carbocycles. The fourth-order valence-electron chi connectivity index (χ4n) is 2.50. The SMILES string of the molecule is CC(=O)N(CCNC(=O)c1ccccc1Br)c1cccc(C)c1C. The molecule has 2 amide bonds. The Morgan fingerprint density at radius 1 is 1.08 bits per heavy atom. The van der Waals surface area contributed by atoms with Gasteiger partial charge >= 0.3 is 0 Å². The first-order valence-electron chi connectivity index (χ1n) is 7.79. The van der Waals surface area contributed by atoms with Crippen LogP contribution < -0.4 is 10.2 Å². The van der Waals surface area contributed by atoms with Crippen LogP contribution in [-0.2, 0) is 4.79 Å². The first kappa shape index (κ1) is 18.2. The lowest BCUT2D eigenvalue weighted by Gasteiger charge is -2.24. The van der Waals surface area contributed by atoms with Crippen molar-refractivity contribution in [3.8, 4) is 0 Å². The summed E-state index contributed by atoms with van der Waals surface area (Å²) in [5.74, 6) is -0.203. The second kappa shape index (κ2) is 8.11. The highest BCUT2D eigenvalue weighted by atomic mass is 79.9. The van der Waals surface area contributed by atoms with E-state index in [0.717, 1.165) is 21.3 Å². The van der Waals surface area contributed by atoms with Crippen LogP contribution in [0.1, 0.15) is 28.4 Å². The average Bonchev–Trinajstić information content (AvgIpc) is 2.54. The number of hydrogen-bond acceptors (Lipinski definition) is 2. The average molecular weight is 389 g/mol. The van der Waals surface area contributed by atoms with E-state index in [1.165, 1.54) is 6.92 Å². The molecule has 0 fully saturated rings. The van der Waals surface area contributed by atoms with Gasteiger partial charge in [-0.05, 0) is 59.1 Å². The molecule has 0 unspecified atom stereocenters. The van der Waals surface area contributed by atoms with Gasteiger partial charge in [-0.1, -0.05) is 24.3 Å². The highest BCUT2D eigenvalue weighted by molar-refractivity contribution is 9.10. The van der Waals surface area contributed by atoms with Crippen LogP contribution in [-0.4, -0.2) is 24.9 Å². The van der Waals surface area contributed by atoms with E-state index >= 15 is 0 Å². The fourth-order valence-corrected chi connectivity index (χ4v) is 2.96. The maximum Gasteiger partial charge on any atom is 0.252 e. The summed E-state index contributed by atoms with van der Waals surface area (Å²) in [5, 5.41) is 2.87. The van der Waals surface area contributed by atoms with Gasteiger partial charge in [-0.3, -0.25) is 9.59 Å². The summed E-state index contributed by atoms with van der Waals surface area (Å²) in [6.07, 6.45) is 0. The van der Waals surface area contributed by atoms with Crippen molar-refractivity contribution in [3.05, 3.63) is 63.6 Å². The van der Waals surface area contributed by atoms with E-state index in [-0.39, 0.29) is 11.8 Å². The van der Waals surface area contributed by atoms with E-state index in [1.807, 2.05) is 50.2 Å². The second-order valence-electron chi connectivity index (χ2n) is 5.63. The van der Waals surface area contributed by atoms with Gasteiger partial charge in [0.05, 0.1) is 5.56 Å². The lowest BCUT2D eigenvalue weighted by molar-refractivity contribution is -0.116. The Morgan fingerprint density at radius 3 is 2.46 bits per heavy atom. The van der Waals surface area contributed by atoms with Crippen LogP contribution in [0.3, 0.4) is 0 Å². The molecule has 1 N–H and O–H groups in total. The van der Waals surface area contributed by atoms with E-state index in [0.29, 0.717) is 18.7 Å². The number of aryl methyl sites for hydroxylation is 1. The monoisotopic (exact) mass is 388 g/mol. The number of benzene rings is 2. The normalized spacial score (nSPS) is 10.3. The van der Waals surface area contributed by atoms with Crippen LogP contribution in [0.15, 0.2) is 46.9 Å². The van der Waals surface area contributed by atoms with Gasteiger partial charge < -0.3 is 10.2 Å². The van der Waals surface area contributed by atoms with Crippen molar-refractivity contribution >= 4 is 33.4 Å². The molecule has 0 bridgehead atoms. The molecule has 0 aliphatic heterocycles. The van der Waals surface area contributed by atoms with Crippen LogP contribution in [0.4, 0.5) is 5.69 Å². The molecule has 0 aromatic heterocycles. The predicted octanol–water partition coefficient (Wildman–Crippen LogP) is 3.85. The van der Waals surface area contributed by atoms with Crippen molar-refractivity contribution < 1.29 is 9.59 Å². The largest absolute Gasteiger partial charge is 0.350 e. The summed E-state index contributed by atoms with van der Waals surface area (Å²) in [5.41, 5.74) is 3.68. The van der Waals surface area contributed by atoms with Gasteiger partial charge in [0.15, 0.2) is 0 Å². The van der Waals surface area contributed by atoms with Crippen LogP contribution >= 0.6 is 15.9 Å². The summed E-state index contributed by atoms with van der Waals surface area (Å²) in [6.45, 7) is 6.37. The minimum absolute atomic E-state index is 0.0427. The molecular formula is C19H21BrN2O2. The third-order valence-electron chi connectivity index (χ3n) is 3.99. The summed E-state index contributed by atoms with van der Waals surface area (Å²) in [7, 11) is 0. The number of nitrogens with zero attached hydrogens (tertiary/aromatic N) is 1. The maximum atomic E-state index is 12.2. The molecule has 0 radical (unpaired) electrons. The number of hydrogen-bond donors (Lipinski definition) is 1. The molecule has 0 aliphatic carbocycles. The zero-order chi connectivity index (χ0) is 17.7. The fraction of sp³-hybridized carbons (Fsp3) is 0.263. The molecule has 0 aliphatic rings. The van der Waals surface area contributed by atoms with Crippen LogP contribution in [0.2, 0.25) is 0 Å². The zero-order valence-electron chi connectivity index (χ0n) is 14.1. The van der Waals surface area contributed by atoms with E-state index in [1.54, 1.807) is 11.0 Å². The van der Waals surface area contributed by atoms with Gasteiger partial charge in [-0.15, -0.1) is 0 Å². The van der Waals surface area contributed by atoms with Crippen molar-refractivity contribution in [3.63, 3.8) is 0 Å². The minimum atomic E-state index is -0.160. The van der Waals surface area contributed by atoms with Gasteiger partial charge in [-0.25, -0.2) is 0 Å². The minimum Gasteiger partial charge on any atom is -0.350 e. The molecule has 0 spiro atoms. The quantitative estimate of drug-likeness (QED) is 0.845. The number of anilines is 1. The number of nitrogens with one attached hydrogen (secondary N) is 1. The Morgan fingerprint density at radius 2 is 1.79 bits per heavy atom. The van der Waals surface area contributed by atoms with Crippen LogP contribution in [0, 0.1) is 13.8 Å². The Hall–Kier alpha value is -2.14. The first-order valence-corrected chi connectivity index (χ1v) is 8.58. The molecule has 2 aromatic rings. The van der Waals surface area contributed by atoms with Crippen LogP contribution in [0.5, 0.6) is 0 Å². The highest BCUT2D eigenvalue weighted by Gasteiger charge is 2.15. The highest BCUT2D eigenvalue weighted by Crippen LogP contribution is 2.22. The Bertz CT molecular complexity index is 759. The lowest BCUT2D eigenvalue weighted by Crippen LogP contribution is -2.38. The molecule has 0 saturated heterocycles. The predicted molar refractivity (Wildman–Crippen MR) is 100 cm³/mol. The number of carbonyl (C=O) groups excluding carboxylic acids is 2. The smallest absolute Gasteiger partial charge is 0.252 e. The van der Waals surface area contributed by atoms with Crippen molar-refractivity contribution in [2.45, 2.75) is 20.8 Å². The number of amides is 2. The third kappa shape index (κ3) is 4.23. The van der Waals surface area contributed by atoms with Crippen molar-refractivity contribution in [2.75, 3.05) is 18.0 Å². The number of halogens is 1. The maximum absolute atomic E-state index is 12.2. The Labute approximate surface area is 151 Å². The second-order valence-corrected chi connectivity index (χ2v) is 6.48. The van der Waals surface area contributed by atoms with Gasteiger partial charge in [-0.2, -0.15) is 0 Å². The molecule has 4 nitrogen and oxygen atoms in total. The van der Waals surface area contributed by atoms with E-state index < -0.39 is 0 Å². The van der Waals surface area contributed by atoms with E-state index in [4.69, 9.17) is 0 Å². The molecule has 24 heavy (non-hydrogen) atoms. The van der Waals surface area contributed by atoms with E-state index in [2.05, 4.69) is 21.2 Å². The molecule has 126 valence electrons. The summed E-state index contributed by atoms with van der Waals surface area (Å²) in [6, 6.07) is 13.1. The van der Waals surface area contributed by atoms with Crippen molar-refractivity contribution in [1.29, 1.82) is 0 Å². The molecule has 5 heteroatoms.